The Labute approximate surface area is 125 Å². The molecule has 6 nitrogen and oxygen atoms in total. The highest BCUT2D eigenvalue weighted by Crippen LogP contribution is 2.16. The van der Waals surface area contributed by atoms with E-state index >= 15 is 0 Å². The summed E-state index contributed by atoms with van der Waals surface area (Å²) in [7, 11) is 0. The van der Waals surface area contributed by atoms with Crippen LogP contribution in [0.4, 0.5) is 9.59 Å². The number of hydrogen-bond acceptors (Lipinski definition) is 4. The molecule has 0 radical (unpaired) electrons. The molecule has 0 fully saturated rings. The number of carbonyl (C=O) groups excluding carboxylic acids is 2. The van der Waals surface area contributed by atoms with Crippen LogP contribution in [0.3, 0.4) is 0 Å². The number of ether oxygens (including phenoxy) is 2. The molecule has 2 amide bonds. The smallest absolute Gasteiger partial charge is 0.435 e. The number of rotatable bonds is 3. The summed E-state index contributed by atoms with van der Waals surface area (Å²) >= 11 is 3.33. The van der Waals surface area contributed by atoms with Crippen LogP contribution < -0.4 is 5.32 Å². The van der Waals surface area contributed by atoms with Crippen molar-refractivity contribution in [2.75, 3.05) is 13.2 Å². The Balaban J connectivity index is 3.04. The van der Waals surface area contributed by atoms with E-state index < -0.39 is 12.2 Å². The van der Waals surface area contributed by atoms with Gasteiger partial charge in [-0.2, -0.15) is 4.99 Å². The normalized spacial score (nSPS) is 10.8. The average Bonchev–Trinajstić information content (AvgIpc) is 2.39. The monoisotopic (exact) mass is 342 g/mol. The van der Waals surface area contributed by atoms with Crippen molar-refractivity contribution >= 4 is 34.0 Å². The van der Waals surface area contributed by atoms with Crippen molar-refractivity contribution in [2.24, 2.45) is 4.99 Å². The maximum Gasteiger partial charge on any atom is 0.435 e. The van der Waals surface area contributed by atoms with Crippen molar-refractivity contribution in [3.63, 3.8) is 0 Å². The first kappa shape index (κ1) is 16.2. The maximum atomic E-state index is 11.5. The number of alkyl carbamates (subject to hydrolysis) is 1. The third-order valence-corrected chi connectivity index (χ3v) is 2.79. The molecule has 0 spiro atoms. The van der Waals surface area contributed by atoms with E-state index in [0.29, 0.717) is 10.0 Å². The van der Waals surface area contributed by atoms with Crippen molar-refractivity contribution < 1.29 is 19.1 Å². The minimum absolute atomic E-state index is 0.0642. The highest BCUT2D eigenvalue weighted by Gasteiger charge is 2.14. The van der Waals surface area contributed by atoms with Gasteiger partial charge in [-0.05, 0) is 19.9 Å². The molecule has 0 bridgehead atoms. The number of aliphatic imine (C=N–C) groups is 1. The van der Waals surface area contributed by atoms with Gasteiger partial charge in [-0.15, -0.1) is 0 Å². The summed E-state index contributed by atoms with van der Waals surface area (Å²) in [4.78, 5) is 26.7. The fourth-order valence-corrected chi connectivity index (χ4v) is 1.79. The SMILES string of the molecule is CCOC(=O)/N=C(/NC(=O)OCC)c1ccccc1Br. The topological polar surface area (TPSA) is 77.0 Å². The molecule has 0 aromatic heterocycles. The van der Waals surface area contributed by atoms with Crippen LogP contribution >= 0.6 is 15.9 Å². The summed E-state index contributed by atoms with van der Waals surface area (Å²) < 4.78 is 10.2. The first-order chi connectivity index (χ1) is 9.58. The molecule has 0 atom stereocenters. The minimum Gasteiger partial charge on any atom is -0.450 e. The van der Waals surface area contributed by atoms with Gasteiger partial charge in [0.2, 0.25) is 0 Å². The number of nitrogens with zero attached hydrogens (tertiary/aromatic N) is 1. The highest BCUT2D eigenvalue weighted by molar-refractivity contribution is 9.10. The first-order valence-corrected chi connectivity index (χ1v) is 6.81. The molecule has 0 saturated heterocycles. The maximum absolute atomic E-state index is 11.5. The fourth-order valence-electron chi connectivity index (χ4n) is 1.32. The lowest BCUT2D eigenvalue weighted by molar-refractivity contribution is 0.157. The van der Waals surface area contributed by atoms with Gasteiger partial charge in [-0.1, -0.05) is 34.1 Å². The molecule has 0 aliphatic heterocycles. The second-order valence-electron chi connectivity index (χ2n) is 3.48. The van der Waals surface area contributed by atoms with Gasteiger partial charge in [-0.25, -0.2) is 9.59 Å². The van der Waals surface area contributed by atoms with Gasteiger partial charge < -0.3 is 9.47 Å². The van der Waals surface area contributed by atoms with Crippen LogP contribution in [0.25, 0.3) is 0 Å². The summed E-state index contributed by atoms with van der Waals surface area (Å²) in [5.41, 5.74) is 0.550. The predicted octanol–water partition coefficient (Wildman–Crippen LogP) is 3.10. The molecule has 7 heteroatoms. The van der Waals surface area contributed by atoms with E-state index in [2.05, 4.69) is 26.2 Å². The van der Waals surface area contributed by atoms with E-state index in [1.54, 1.807) is 38.1 Å². The fraction of sp³-hybridized carbons (Fsp3) is 0.308. The zero-order valence-electron chi connectivity index (χ0n) is 11.2. The largest absolute Gasteiger partial charge is 0.450 e. The van der Waals surface area contributed by atoms with Crippen LogP contribution in [-0.4, -0.2) is 31.2 Å². The van der Waals surface area contributed by atoms with Crippen LogP contribution in [0, 0.1) is 0 Å². The Morgan fingerprint density at radius 3 is 2.45 bits per heavy atom. The molecule has 1 aromatic carbocycles. The van der Waals surface area contributed by atoms with Crippen LogP contribution in [-0.2, 0) is 9.47 Å². The highest BCUT2D eigenvalue weighted by atomic mass is 79.9. The molecule has 1 rings (SSSR count). The lowest BCUT2D eigenvalue weighted by atomic mass is 10.2. The minimum atomic E-state index is -0.782. The summed E-state index contributed by atoms with van der Waals surface area (Å²) in [6.45, 7) is 3.77. The van der Waals surface area contributed by atoms with Crippen LogP contribution in [0.15, 0.2) is 33.7 Å². The standard InChI is InChI=1S/C13H15BrN2O4/c1-3-19-12(17)15-11(16-13(18)20-4-2)9-7-5-6-8-10(9)14/h5-8H,3-4H2,1-2H3,(H,15,16,17,18). The third-order valence-electron chi connectivity index (χ3n) is 2.10. The molecule has 0 aliphatic rings. The van der Waals surface area contributed by atoms with Gasteiger partial charge in [0.25, 0.3) is 0 Å². The molecule has 1 N–H and O–H groups in total. The molecule has 0 saturated carbocycles. The van der Waals surface area contributed by atoms with Gasteiger partial charge >= 0.3 is 12.2 Å². The Kier molecular flexibility index (Phi) is 6.72. The number of nitrogens with one attached hydrogen (secondary N) is 1. The van der Waals surface area contributed by atoms with Gasteiger partial charge in [0.15, 0.2) is 5.84 Å². The number of amides is 2. The van der Waals surface area contributed by atoms with E-state index in [1.165, 1.54) is 0 Å². The Morgan fingerprint density at radius 1 is 1.20 bits per heavy atom. The number of hydrogen-bond donors (Lipinski definition) is 1. The van der Waals surface area contributed by atoms with Gasteiger partial charge in [0.1, 0.15) is 0 Å². The zero-order chi connectivity index (χ0) is 15.0. The lowest BCUT2D eigenvalue weighted by Crippen LogP contribution is -2.33. The van der Waals surface area contributed by atoms with Crippen molar-refractivity contribution in [1.82, 2.24) is 5.32 Å². The number of carbonyl (C=O) groups is 2. The second kappa shape index (κ2) is 8.31. The quantitative estimate of drug-likeness (QED) is 0.676. The van der Waals surface area contributed by atoms with Crippen molar-refractivity contribution in [1.29, 1.82) is 0 Å². The van der Waals surface area contributed by atoms with Gasteiger partial charge in [0.05, 0.1) is 13.2 Å². The van der Waals surface area contributed by atoms with E-state index in [9.17, 15) is 9.59 Å². The molecule has 20 heavy (non-hydrogen) atoms. The van der Waals surface area contributed by atoms with E-state index in [-0.39, 0.29) is 19.0 Å². The molecule has 0 aliphatic carbocycles. The molecular formula is C13H15BrN2O4. The van der Waals surface area contributed by atoms with E-state index in [0.717, 1.165) is 0 Å². The Bertz CT molecular complexity index is 517. The molecule has 0 heterocycles. The predicted molar refractivity (Wildman–Crippen MR) is 77.9 cm³/mol. The average molecular weight is 343 g/mol. The first-order valence-electron chi connectivity index (χ1n) is 6.02. The zero-order valence-corrected chi connectivity index (χ0v) is 12.8. The number of benzene rings is 1. The second-order valence-corrected chi connectivity index (χ2v) is 4.34. The van der Waals surface area contributed by atoms with Crippen molar-refractivity contribution in [3.05, 3.63) is 34.3 Å². The lowest BCUT2D eigenvalue weighted by Gasteiger charge is -2.10. The molecular weight excluding hydrogens is 328 g/mol. The van der Waals surface area contributed by atoms with Crippen LogP contribution in [0.2, 0.25) is 0 Å². The molecule has 0 unspecified atom stereocenters. The Hall–Kier alpha value is -1.89. The van der Waals surface area contributed by atoms with Crippen LogP contribution in [0.5, 0.6) is 0 Å². The summed E-state index contributed by atoms with van der Waals surface area (Å²) in [6, 6.07) is 7.03. The third kappa shape index (κ3) is 5.00. The van der Waals surface area contributed by atoms with Crippen molar-refractivity contribution in [2.45, 2.75) is 13.8 Å². The van der Waals surface area contributed by atoms with Gasteiger partial charge in [-0.3, -0.25) is 5.32 Å². The number of amidine groups is 1. The van der Waals surface area contributed by atoms with Crippen LogP contribution in [0.1, 0.15) is 19.4 Å². The van der Waals surface area contributed by atoms with Crippen molar-refractivity contribution in [3.8, 4) is 0 Å². The number of halogens is 1. The van der Waals surface area contributed by atoms with Gasteiger partial charge in [0, 0.05) is 10.0 Å². The summed E-state index contributed by atoms with van der Waals surface area (Å²) in [5.74, 6) is 0.0642. The van der Waals surface area contributed by atoms with E-state index in [4.69, 9.17) is 9.47 Å². The van der Waals surface area contributed by atoms with E-state index in [1.807, 2.05) is 0 Å². The molecule has 108 valence electrons. The Morgan fingerprint density at radius 2 is 1.85 bits per heavy atom. The summed E-state index contributed by atoms with van der Waals surface area (Å²) in [6.07, 6.45) is -1.47. The molecule has 1 aromatic rings. The summed E-state index contributed by atoms with van der Waals surface area (Å²) in [5, 5.41) is 2.42.